The first kappa shape index (κ1) is 23.2. The number of carbonyl (C=O) groups is 1. The monoisotopic (exact) mass is 486 g/mol. The smallest absolute Gasteiger partial charge is 0.408 e. The Bertz CT molecular complexity index is 1390. The van der Waals surface area contributed by atoms with Gasteiger partial charge in [-0.3, -0.25) is 4.90 Å². The minimum Gasteiger partial charge on any atom is -0.465 e. The van der Waals surface area contributed by atoms with Crippen LogP contribution in [0.4, 0.5) is 4.79 Å². The molecule has 0 saturated heterocycles. The predicted molar refractivity (Wildman–Crippen MR) is 138 cm³/mol. The van der Waals surface area contributed by atoms with E-state index in [1.807, 2.05) is 81.4 Å². The lowest BCUT2D eigenvalue weighted by molar-refractivity contribution is -0.0328. The third kappa shape index (κ3) is 4.12. The van der Waals surface area contributed by atoms with Crippen LogP contribution in [0.25, 0.3) is 33.7 Å². The normalized spacial score (nSPS) is 15.0. The first-order chi connectivity index (χ1) is 16.7. The quantitative estimate of drug-likeness (QED) is 0.309. The Morgan fingerprint density at radius 1 is 0.886 bits per heavy atom. The Kier molecular flexibility index (Phi) is 5.72. The van der Waals surface area contributed by atoms with Gasteiger partial charge in [0.15, 0.2) is 5.65 Å². The lowest BCUT2D eigenvalue weighted by atomic mass is 9.69. The molecule has 5 rings (SSSR count). The molecule has 0 aliphatic heterocycles. The number of amides is 1. The zero-order valence-electron chi connectivity index (χ0n) is 20.0. The van der Waals surface area contributed by atoms with Crippen molar-refractivity contribution < 1.29 is 9.90 Å². The van der Waals surface area contributed by atoms with Crippen molar-refractivity contribution in [2.24, 2.45) is 0 Å². The van der Waals surface area contributed by atoms with Gasteiger partial charge in [0.2, 0.25) is 0 Å². The Hall–Kier alpha value is -3.51. The Labute approximate surface area is 209 Å². The average molecular weight is 487 g/mol. The molecule has 0 atom stereocenters. The van der Waals surface area contributed by atoms with Crippen LogP contribution in [-0.2, 0) is 5.54 Å². The molecule has 6 nitrogen and oxygen atoms in total. The van der Waals surface area contributed by atoms with E-state index in [0.29, 0.717) is 22.0 Å². The third-order valence-electron chi connectivity index (χ3n) is 6.71. The van der Waals surface area contributed by atoms with Gasteiger partial charge in [-0.05, 0) is 57.7 Å². The number of hydrogen-bond acceptors (Lipinski definition) is 4. The summed E-state index contributed by atoms with van der Waals surface area (Å²) in [5.41, 5.74) is 4.43. The van der Waals surface area contributed by atoms with E-state index in [9.17, 15) is 9.90 Å². The molecule has 1 fully saturated rings. The van der Waals surface area contributed by atoms with Crippen molar-refractivity contribution in [3.63, 3.8) is 0 Å². The molecule has 35 heavy (non-hydrogen) atoms. The molecular weight excluding hydrogens is 460 g/mol. The molecule has 1 saturated carbocycles. The zero-order chi connectivity index (χ0) is 24.8. The highest BCUT2D eigenvalue weighted by atomic mass is 35.5. The first-order valence-corrected chi connectivity index (χ1v) is 12.1. The predicted octanol–water partition coefficient (Wildman–Crippen LogP) is 7.17. The van der Waals surface area contributed by atoms with E-state index in [0.717, 1.165) is 41.6 Å². The van der Waals surface area contributed by atoms with Crippen LogP contribution >= 0.6 is 11.6 Å². The van der Waals surface area contributed by atoms with E-state index in [1.54, 1.807) is 11.0 Å². The zero-order valence-corrected chi connectivity index (χ0v) is 20.8. The summed E-state index contributed by atoms with van der Waals surface area (Å²) in [7, 11) is 0. The molecule has 1 aliphatic rings. The Morgan fingerprint density at radius 3 is 2.09 bits per heavy atom. The molecule has 2 heterocycles. The fourth-order valence-corrected chi connectivity index (χ4v) is 5.26. The Morgan fingerprint density at radius 2 is 1.51 bits per heavy atom. The van der Waals surface area contributed by atoms with Gasteiger partial charge in [0.1, 0.15) is 10.7 Å². The van der Waals surface area contributed by atoms with Crippen molar-refractivity contribution in [1.82, 2.24) is 19.9 Å². The van der Waals surface area contributed by atoms with Crippen LogP contribution in [0.15, 0.2) is 66.7 Å². The van der Waals surface area contributed by atoms with Gasteiger partial charge in [-0.1, -0.05) is 66.2 Å². The van der Waals surface area contributed by atoms with E-state index in [4.69, 9.17) is 21.6 Å². The van der Waals surface area contributed by atoms with Crippen LogP contribution < -0.4 is 0 Å². The van der Waals surface area contributed by atoms with Crippen molar-refractivity contribution in [3.8, 4) is 22.5 Å². The van der Waals surface area contributed by atoms with Gasteiger partial charge in [0.05, 0.1) is 16.9 Å². The SMILES string of the molecule is CC(C)(C)N(C(=O)O)C1(c2ccc(-c3nc4nc(Cl)ccc4nc3-c3ccccc3)cc2)CCC1. The van der Waals surface area contributed by atoms with E-state index in [2.05, 4.69) is 4.98 Å². The summed E-state index contributed by atoms with van der Waals surface area (Å²) in [5.74, 6) is 0. The highest BCUT2D eigenvalue weighted by molar-refractivity contribution is 6.29. The summed E-state index contributed by atoms with van der Waals surface area (Å²) in [6, 6.07) is 21.5. The Balaban J connectivity index is 1.63. The van der Waals surface area contributed by atoms with Gasteiger partial charge in [-0.15, -0.1) is 0 Å². The minimum absolute atomic E-state index is 0.364. The number of carboxylic acid groups (broad SMARTS) is 1. The fourth-order valence-electron chi connectivity index (χ4n) is 5.12. The van der Waals surface area contributed by atoms with Gasteiger partial charge in [0, 0.05) is 16.7 Å². The topological polar surface area (TPSA) is 79.2 Å². The third-order valence-corrected chi connectivity index (χ3v) is 6.92. The number of hydrogen-bond donors (Lipinski definition) is 1. The van der Waals surface area contributed by atoms with Crippen molar-refractivity contribution >= 4 is 28.9 Å². The average Bonchev–Trinajstić information content (AvgIpc) is 2.80. The molecule has 0 radical (unpaired) electrons. The molecule has 0 bridgehead atoms. The number of rotatable bonds is 4. The van der Waals surface area contributed by atoms with Crippen LogP contribution in [0.2, 0.25) is 5.15 Å². The molecule has 0 spiro atoms. The van der Waals surface area contributed by atoms with Crippen LogP contribution in [0.3, 0.4) is 0 Å². The van der Waals surface area contributed by atoms with Crippen LogP contribution in [-0.4, -0.2) is 36.6 Å². The second-order valence-electron chi connectivity index (χ2n) is 10.0. The molecule has 2 aromatic heterocycles. The second-order valence-corrected chi connectivity index (χ2v) is 10.4. The van der Waals surface area contributed by atoms with Crippen molar-refractivity contribution in [2.75, 3.05) is 0 Å². The maximum absolute atomic E-state index is 12.3. The maximum atomic E-state index is 12.3. The summed E-state index contributed by atoms with van der Waals surface area (Å²) < 4.78 is 0. The van der Waals surface area contributed by atoms with Crippen molar-refractivity contribution in [2.45, 2.75) is 51.1 Å². The van der Waals surface area contributed by atoms with Crippen LogP contribution in [0.1, 0.15) is 45.6 Å². The maximum Gasteiger partial charge on any atom is 0.408 e. The second kappa shape index (κ2) is 8.61. The number of aromatic nitrogens is 3. The van der Waals surface area contributed by atoms with Gasteiger partial charge in [0.25, 0.3) is 0 Å². The van der Waals surface area contributed by atoms with Crippen molar-refractivity contribution in [3.05, 3.63) is 77.4 Å². The largest absolute Gasteiger partial charge is 0.465 e. The molecule has 1 N–H and O–H groups in total. The summed E-state index contributed by atoms with van der Waals surface area (Å²) in [5, 5.41) is 10.4. The lowest BCUT2D eigenvalue weighted by Crippen LogP contribution is -2.60. The van der Waals surface area contributed by atoms with Crippen LogP contribution in [0.5, 0.6) is 0 Å². The minimum atomic E-state index is -0.893. The number of fused-ring (bicyclic) bond motifs is 1. The van der Waals surface area contributed by atoms with E-state index < -0.39 is 17.2 Å². The summed E-state index contributed by atoms with van der Waals surface area (Å²) in [6.45, 7) is 5.85. The highest BCUT2D eigenvalue weighted by Crippen LogP contribution is 2.49. The molecule has 4 aromatic rings. The summed E-state index contributed by atoms with van der Waals surface area (Å²) >= 11 is 6.13. The van der Waals surface area contributed by atoms with E-state index >= 15 is 0 Å². The van der Waals surface area contributed by atoms with Crippen LogP contribution in [0, 0.1) is 0 Å². The lowest BCUT2D eigenvalue weighted by Gasteiger charge is -2.54. The number of nitrogens with zero attached hydrogens (tertiary/aromatic N) is 4. The van der Waals surface area contributed by atoms with Gasteiger partial charge in [-0.25, -0.2) is 19.7 Å². The number of benzene rings is 2. The van der Waals surface area contributed by atoms with Gasteiger partial charge >= 0.3 is 6.09 Å². The molecule has 1 amide bonds. The van der Waals surface area contributed by atoms with Crippen molar-refractivity contribution in [1.29, 1.82) is 0 Å². The first-order valence-electron chi connectivity index (χ1n) is 11.7. The van der Waals surface area contributed by atoms with E-state index in [-0.39, 0.29) is 0 Å². The molecular formula is C28H27ClN4O2. The molecule has 178 valence electrons. The summed E-state index contributed by atoms with van der Waals surface area (Å²) in [4.78, 5) is 28.0. The highest BCUT2D eigenvalue weighted by Gasteiger charge is 2.50. The fraction of sp³-hybridized carbons (Fsp3) is 0.286. The number of pyridine rings is 1. The molecule has 7 heteroatoms. The number of halogens is 1. The standard InChI is InChI=1S/C28H27ClN4O2/c1-27(2,3)33(26(34)35)28(16-7-17-28)20-12-10-19(11-13-20)24-23(18-8-5-4-6-9-18)30-21-14-15-22(29)31-25(21)32-24/h4-6,8-15H,7,16-17H2,1-3H3,(H,34,35). The molecule has 0 unspecified atom stereocenters. The van der Waals surface area contributed by atoms with E-state index in [1.165, 1.54) is 0 Å². The molecule has 2 aromatic carbocycles. The summed E-state index contributed by atoms with van der Waals surface area (Å²) in [6.07, 6.45) is 1.73. The van der Waals surface area contributed by atoms with Gasteiger partial charge in [-0.2, -0.15) is 0 Å². The van der Waals surface area contributed by atoms with Gasteiger partial charge < -0.3 is 5.11 Å². The molecule has 1 aliphatic carbocycles.